The molecule has 2 unspecified atom stereocenters. The van der Waals surface area contributed by atoms with E-state index in [0.29, 0.717) is 37.4 Å². The third kappa shape index (κ3) is 3.98. The van der Waals surface area contributed by atoms with E-state index >= 15 is 0 Å². The summed E-state index contributed by atoms with van der Waals surface area (Å²) in [7, 11) is 0. The van der Waals surface area contributed by atoms with Crippen molar-refractivity contribution in [1.29, 1.82) is 0 Å². The van der Waals surface area contributed by atoms with Gasteiger partial charge < -0.3 is 24.0 Å². The van der Waals surface area contributed by atoms with Crippen molar-refractivity contribution in [2.45, 2.75) is 25.4 Å². The first-order valence-electron chi connectivity index (χ1n) is 11.0. The molecular weight excluding hydrogens is 386 g/mol. The van der Waals surface area contributed by atoms with Crippen LogP contribution in [0.5, 0.6) is 11.5 Å². The first-order valence-corrected chi connectivity index (χ1v) is 11.0. The fourth-order valence-corrected chi connectivity index (χ4v) is 4.81. The van der Waals surface area contributed by atoms with E-state index in [1.807, 2.05) is 23.1 Å². The van der Waals surface area contributed by atoms with Crippen LogP contribution in [0.1, 0.15) is 19.3 Å². The lowest BCUT2D eigenvalue weighted by Crippen LogP contribution is -2.52. The van der Waals surface area contributed by atoms with Crippen molar-refractivity contribution >= 4 is 17.5 Å². The Hall–Kier alpha value is -2.32. The normalized spacial score (nSPS) is 27.0. The zero-order chi connectivity index (χ0) is 20.5. The van der Waals surface area contributed by atoms with Crippen LogP contribution in [0.3, 0.4) is 0 Å². The van der Waals surface area contributed by atoms with Gasteiger partial charge in [-0.25, -0.2) is 0 Å². The molecule has 162 valence electrons. The lowest BCUT2D eigenvalue weighted by atomic mass is 10.1. The lowest BCUT2D eigenvalue weighted by Gasteiger charge is -2.36. The molecule has 2 atom stereocenters. The van der Waals surface area contributed by atoms with Gasteiger partial charge in [0, 0.05) is 64.0 Å². The van der Waals surface area contributed by atoms with Gasteiger partial charge in [-0.1, -0.05) is 0 Å². The molecule has 0 aromatic heterocycles. The maximum Gasteiger partial charge on any atom is 0.228 e. The Morgan fingerprint density at radius 2 is 1.83 bits per heavy atom. The van der Waals surface area contributed by atoms with Crippen molar-refractivity contribution in [2.24, 2.45) is 5.92 Å². The minimum Gasteiger partial charge on any atom is -0.486 e. The average Bonchev–Trinajstić information content (AvgIpc) is 3.43. The van der Waals surface area contributed by atoms with E-state index in [4.69, 9.17) is 14.2 Å². The Labute approximate surface area is 176 Å². The van der Waals surface area contributed by atoms with Gasteiger partial charge >= 0.3 is 0 Å². The summed E-state index contributed by atoms with van der Waals surface area (Å²) in [5.41, 5.74) is 0.765. The average molecular weight is 415 g/mol. The molecule has 2 amide bonds. The number of nitrogens with zero attached hydrogens (tertiary/aromatic N) is 3. The van der Waals surface area contributed by atoms with Crippen molar-refractivity contribution in [1.82, 2.24) is 9.80 Å². The number of amides is 2. The van der Waals surface area contributed by atoms with E-state index in [9.17, 15) is 9.59 Å². The van der Waals surface area contributed by atoms with Gasteiger partial charge in [-0.2, -0.15) is 0 Å². The fraction of sp³-hybridized carbons (Fsp3) is 0.636. The van der Waals surface area contributed by atoms with Crippen LogP contribution in [0, 0.1) is 5.92 Å². The molecule has 0 radical (unpaired) electrons. The predicted octanol–water partition coefficient (Wildman–Crippen LogP) is 1.13. The summed E-state index contributed by atoms with van der Waals surface area (Å²) in [6, 6.07) is 5.53. The Morgan fingerprint density at radius 3 is 2.60 bits per heavy atom. The molecule has 4 aliphatic rings. The molecule has 3 fully saturated rings. The smallest absolute Gasteiger partial charge is 0.228 e. The van der Waals surface area contributed by atoms with Crippen LogP contribution in [0.15, 0.2) is 18.2 Å². The first kappa shape index (κ1) is 19.6. The molecular formula is C22H29N3O5. The summed E-state index contributed by atoms with van der Waals surface area (Å²) >= 11 is 0. The van der Waals surface area contributed by atoms with Crippen LogP contribution >= 0.6 is 0 Å². The molecule has 5 rings (SSSR count). The van der Waals surface area contributed by atoms with Crippen LogP contribution in [-0.2, 0) is 14.3 Å². The van der Waals surface area contributed by atoms with E-state index in [2.05, 4.69) is 4.90 Å². The number of ether oxygens (including phenoxy) is 3. The second-order valence-corrected chi connectivity index (χ2v) is 8.49. The summed E-state index contributed by atoms with van der Waals surface area (Å²) in [6.07, 6.45) is 2.90. The Bertz CT molecular complexity index is 802. The maximum absolute atomic E-state index is 13.1. The van der Waals surface area contributed by atoms with E-state index in [0.717, 1.165) is 57.9 Å². The molecule has 4 aliphatic heterocycles. The van der Waals surface area contributed by atoms with Crippen LogP contribution < -0.4 is 14.4 Å². The van der Waals surface area contributed by atoms with E-state index in [-0.39, 0.29) is 24.2 Å². The van der Waals surface area contributed by atoms with Gasteiger partial charge in [-0.05, 0) is 25.0 Å². The number of rotatable bonds is 4. The molecule has 3 saturated heterocycles. The Kier molecular flexibility index (Phi) is 5.52. The van der Waals surface area contributed by atoms with Crippen LogP contribution in [-0.4, -0.2) is 86.8 Å². The van der Waals surface area contributed by atoms with E-state index in [1.54, 1.807) is 4.90 Å². The summed E-state index contributed by atoms with van der Waals surface area (Å²) < 4.78 is 16.9. The van der Waals surface area contributed by atoms with Gasteiger partial charge in [-0.3, -0.25) is 14.5 Å². The highest BCUT2D eigenvalue weighted by Gasteiger charge is 2.38. The quantitative estimate of drug-likeness (QED) is 0.734. The molecule has 1 aromatic rings. The van der Waals surface area contributed by atoms with Gasteiger partial charge in [0.25, 0.3) is 0 Å². The van der Waals surface area contributed by atoms with Crippen molar-refractivity contribution in [3.8, 4) is 11.5 Å². The van der Waals surface area contributed by atoms with Crippen molar-refractivity contribution < 1.29 is 23.8 Å². The zero-order valence-corrected chi connectivity index (χ0v) is 17.3. The maximum atomic E-state index is 13.1. The number of fused-ring (bicyclic) bond motifs is 1. The Balaban J connectivity index is 1.17. The van der Waals surface area contributed by atoms with Crippen molar-refractivity contribution in [3.05, 3.63) is 18.2 Å². The summed E-state index contributed by atoms with van der Waals surface area (Å²) in [5, 5.41) is 0. The van der Waals surface area contributed by atoms with Crippen LogP contribution in [0.25, 0.3) is 0 Å². The second-order valence-electron chi connectivity index (χ2n) is 8.49. The number of anilines is 1. The summed E-state index contributed by atoms with van der Waals surface area (Å²) in [5.74, 6) is 1.16. The minimum absolute atomic E-state index is 0.0120. The number of hydrogen-bond donors (Lipinski definition) is 0. The van der Waals surface area contributed by atoms with Crippen LogP contribution in [0.2, 0.25) is 0 Å². The second kappa shape index (κ2) is 8.43. The molecule has 1 aromatic carbocycles. The molecule has 0 spiro atoms. The van der Waals surface area contributed by atoms with Gasteiger partial charge in [0.1, 0.15) is 13.2 Å². The number of hydrogen-bond acceptors (Lipinski definition) is 6. The zero-order valence-electron chi connectivity index (χ0n) is 17.3. The SMILES string of the molecule is O=C(C1CC(=O)N(c2ccc3c(c2)OCCO3)C1)N1CCN(CC2CCCO2)CC1. The summed E-state index contributed by atoms with van der Waals surface area (Å²) in [6.45, 7) is 6.49. The fourth-order valence-electron chi connectivity index (χ4n) is 4.81. The number of benzene rings is 1. The number of piperazine rings is 1. The largest absolute Gasteiger partial charge is 0.486 e. The summed E-state index contributed by atoms with van der Waals surface area (Å²) in [4.78, 5) is 31.7. The highest BCUT2D eigenvalue weighted by molar-refractivity contribution is 6.00. The highest BCUT2D eigenvalue weighted by Crippen LogP contribution is 2.36. The van der Waals surface area contributed by atoms with Gasteiger partial charge in [0.05, 0.1) is 12.0 Å². The molecule has 30 heavy (non-hydrogen) atoms. The molecule has 0 N–H and O–H groups in total. The third-order valence-electron chi connectivity index (χ3n) is 6.48. The van der Waals surface area contributed by atoms with Gasteiger partial charge in [-0.15, -0.1) is 0 Å². The van der Waals surface area contributed by atoms with Crippen LogP contribution in [0.4, 0.5) is 5.69 Å². The Morgan fingerprint density at radius 1 is 1.03 bits per heavy atom. The van der Waals surface area contributed by atoms with E-state index in [1.165, 1.54) is 0 Å². The number of carbonyl (C=O) groups excluding carboxylic acids is 2. The lowest BCUT2D eigenvalue weighted by molar-refractivity contribution is -0.137. The molecule has 8 heteroatoms. The highest BCUT2D eigenvalue weighted by atomic mass is 16.6. The first-order chi connectivity index (χ1) is 14.7. The predicted molar refractivity (Wildman–Crippen MR) is 110 cm³/mol. The molecule has 8 nitrogen and oxygen atoms in total. The molecule has 0 aliphatic carbocycles. The topological polar surface area (TPSA) is 71.6 Å². The van der Waals surface area contributed by atoms with Gasteiger partial charge in [0.2, 0.25) is 11.8 Å². The van der Waals surface area contributed by atoms with Crippen molar-refractivity contribution in [2.75, 3.05) is 64.0 Å². The monoisotopic (exact) mass is 415 g/mol. The molecule has 4 heterocycles. The van der Waals surface area contributed by atoms with E-state index < -0.39 is 0 Å². The third-order valence-corrected chi connectivity index (χ3v) is 6.48. The van der Waals surface area contributed by atoms with Gasteiger partial charge in [0.15, 0.2) is 11.5 Å². The van der Waals surface area contributed by atoms with Crippen molar-refractivity contribution in [3.63, 3.8) is 0 Å². The number of carbonyl (C=O) groups is 2. The standard InChI is InChI=1S/C22H29N3O5/c26-21-12-16(14-25(21)17-3-4-19-20(13-17)30-11-10-29-19)22(27)24-7-5-23(6-8-24)15-18-2-1-9-28-18/h3-4,13,16,18H,1-2,5-12,14-15H2. The molecule has 0 bridgehead atoms. The minimum atomic E-state index is -0.282. The molecule has 0 saturated carbocycles.